The molecule has 0 fully saturated rings. The monoisotopic (exact) mass is 409 g/mol. The molecule has 2 heterocycles. The fourth-order valence-corrected chi connectivity index (χ4v) is 3.60. The number of hydrogen-bond donors (Lipinski definition) is 2. The van der Waals surface area contributed by atoms with Crippen molar-refractivity contribution in [3.05, 3.63) is 84.9 Å². The molecule has 2 N–H and O–H groups in total. The standard InChI is InChI=1S/C25H19N3O3/c29-24(15-22-25(30)27-20-8-3-4-10-21(20)31-22)28-23-11-5-9-19(26-23)18-13-12-16-6-1-2-7-17(16)14-18/h1-14,22H,15H2,(H,27,30)(H,26,28,29). The van der Waals surface area contributed by atoms with Crippen LogP contribution in [-0.4, -0.2) is 22.9 Å². The number of carbonyl (C=O) groups is 2. The number of carbonyl (C=O) groups excluding carboxylic acids is 2. The van der Waals surface area contributed by atoms with Gasteiger partial charge in [0.2, 0.25) is 5.91 Å². The van der Waals surface area contributed by atoms with Gasteiger partial charge in [0, 0.05) is 5.56 Å². The lowest BCUT2D eigenvalue weighted by Gasteiger charge is -2.25. The summed E-state index contributed by atoms with van der Waals surface area (Å²) < 4.78 is 5.69. The van der Waals surface area contributed by atoms with Gasteiger partial charge in [-0.15, -0.1) is 0 Å². The molecule has 1 atom stereocenters. The number of para-hydroxylation sites is 2. The minimum Gasteiger partial charge on any atom is -0.478 e. The summed E-state index contributed by atoms with van der Waals surface area (Å²) in [6.07, 6.45) is -0.999. The van der Waals surface area contributed by atoms with Crippen LogP contribution < -0.4 is 15.4 Å². The lowest BCUT2D eigenvalue weighted by molar-refractivity contribution is -0.128. The van der Waals surface area contributed by atoms with E-state index in [2.05, 4.69) is 39.9 Å². The van der Waals surface area contributed by atoms with Crippen LogP contribution in [0.5, 0.6) is 5.75 Å². The van der Waals surface area contributed by atoms with Crippen LogP contribution in [0.1, 0.15) is 6.42 Å². The van der Waals surface area contributed by atoms with Crippen molar-refractivity contribution in [3.63, 3.8) is 0 Å². The molecule has 31 heavy (non-hydrogen) atoms. The molecule has 1 aromatic heterocycles. The molecule has 0 radical (unpaired) electrons. The number of rotatable bonds is 4. The molecule has 0 aliphatic carbocycles. The Hall–Kier alpha value is -4.19. The minimum absolute atomic E-state index is 0.109. The van der Waals surface area contributed by atoms with Gasteiger partial charge in [-0.2, -0.15) is 0 Å². The molecule has 0 spiro atoms. The van der Waals surface area contributed by atoms with Crippen LogP contribution in [0.4, 0.5) is 11.5 Å². The number of anilines is 2. The number of fused-ring (bicyclic) bond motifs is 2. The van der Waals surface area contributed by atoms with Crippen molar-refractivity contribution in [2.45, 2.75) is 12.5 Å². The lowest BCUT2D eigenvalue weighted by Crippen LogP contribution is -2.39. The van der Waals surface area contributed by atoms with Crippen molar-refractivity contribution in [1.82, 2.24) is 4.98 Å². The third kappa shape index (κ3) is 3.96. The van der Waals surface area contributed by atoms with Crippen molar-refractivity contribution in [2.24, 2.45) is 0 Å². The van der Waals surface area contributed by atoms with Crippen LogP contribution in [0.2, 0.25) is 0 Å². The molecule has 1 unspecified atom stereocenters. The second kappa shape index (κ2) is 7.91. The van der Waals surface area contributed by atoms with E-state index in [0.29, 0.717) is 17.3 Å². The highest BCUT2D eigenvalue weighted by Gasteiger charge is 2.29. The van der Waals surface area contributed by atoms with Crippen molar-refractivity contribution in [2.75, 3.05) is 10.6 Å². The molecular weight excluding hydrogens is 390 g/mol. The number of pyridine rings is 1. The number of nitrogens with one attached hydrogen (secondary N) is 2. The molecule has 0 bridgehead atoms. The van der Waals surface area contributed by atoms with Gasteiger partial charge < -0.3 is 15.4 Å². The average Bonchev–Trinajstić information content (AvgIpc) is 2.79. The van der Waals surface area contributed by atoms with E-state index in [4.69, 9.17) is 4.74 Å². The molecule has 1 aliphatic rings. The summed E-state index contributed by atoms with van der Waals surface area (Å²) in [4.78, 5) is 29.4. The zero-order valence-electron chi connectivity index (χ0n) is 16.5. The van der Waals surface area contributed by atoms with E-state index < -0.39 is 6.10 Å². The topological polar surface area (TPSA) is 80.3 Å². The Morgan fingerprint density at radius 3 is 2.65 bits per heavy atom. The van der Waals surface area contributed by atoms with E-state index in [1.807, 2.05) is 42.5 Å². The first kappa shape index (κ1) is 18.8. The summed E-state index contributed by atoms with van der Waals surface area (Å²) in [5.74, 6) is 0.290. The SMILES string of the molecule is O=C(CC1Oc2ccccc2NC1=O)Nc1cccc(-c2ccc3ccccc3c2)n1. The highest BCUT2D eigenvalue weighted by atomic mass is 16.5. The van der Waals surface area contributed by atoms with Gasteiger partial charge in [-0.25, -0.2) is 4.98 Å². The normalized spacial score (nSPS) is 15.0. The number of ether oxygens (including phenoxy) is 1. The Morgan fingerprint density at radius 1 is 0.935 bits per heavy atom. The molecule has 1 aliphatic heterocycles. The molecule has 2 amide bonds. The summed E-state index contributed by atoms with van der Waals surface area (Å²) in [5, 5.41) is 7.81. The minimum atomic E-state index is -0.890. The van der Waals surface area contributed by atoms with Crippen LogP contribution in [0.15, 0.2) is 84.9 Å². The van der Waals surface area contributed by atoms with Crippen molar-refractivity contribution >= 4 is 34.1 Å². The quantitative estimate of drug-likeness (QED) is 0.515. The lowest BCUT2D eigenvalue weighted by atomic mass is 10.0. The fourth-order valence-electron chi connectivity index (χ4n) is 3.60. The number of benzene rings is 3. The number of hydrogen-bond acceptors (Lipinski definition) is 4. The summed E-state index contributed by atoms with van der Waals surface area (Å²) in [6.45, 7) is 0. The van der Waals surface area contributed by atoms with Crippen LogP contribution in [-0.2, 0) is 9.59 Å². The number of amides is 2. The Labute approximate surface area is 178 Å². The summed E-state index contributed by atoms with van der Waals surface area (Å²) >= 11 is 0. The maximum absolute atomic E-state index is 12.5. The van der Waals surface area contributed by atoms with Crippen LogP contribution in [0, 0.1) is 0 Å². The van der Waals surface area contributed by atoms with Crippen molar-refractivity contribution in [1.29, 1.82) is 0 Å². The molecule has 0 saturated heterocycles. The largest absolute Gasteiger partial charge is 0.478 e. The second-order valence-electron chi connectivity index (χ2n) is 7.31. The predicted octanol–water partition coefficient (Wildman–Crippen LogP) is 4.63. The molecular formula is C25H19N3O3. The first-order chi connectivity index (χ1) is 15.2. The third-order valence-electron chi connectivity index (χ3n) is 5.14. The molecule has 3 aromatic carbocycles. The number of aromatic nitrogens is 1. The first-order valence-corrected chi connectivity index (χ1v) is 9.98. The van der Waals surface area contributed by atoms with Crippen molar-refractivity contribution in [3.8, 4) is 17.0 Å². The van der Waals surface area contributed by atoms with Crippen molar-refractivity contribution < 1.29 is 14.3 Å². The average molecular weight is 409 g/mol. The van der Waals surface area contributed by atoms with Gasteiger partial charge in [-0.1, -0.05) is 54.6 Å². The molecule has 6 nitrogen and oxygen atoms in total. The van der Waals surface area contributed by atoms with Gasteiger partial charge in [-0.05, 0) is 41.1 Å². The van der Waals surface area contributed by atoms with Crippen LogP contribution in [0.25, 0.3) is 22.0 Å². The maximum atomic E-state index is 12.5. The molecule has 5 rings (SSSR count). The first-order valence-electron chi connectivity index (χ1n) is 9.98. The zero-order valence-corrected chi connectivity index (χ0v) is 16.5. The van der Waals surface area contributed by atoms with E-state index in [-0.39, 0.29) is 18.2 Å². The summed E-state index contributed by atoms with van der Waals surface area (Å²) in [5.41, 5.74) is 2.32. The molecule has 152 valence electrons. The Morgan fingerprint density at radius 2 is 1.74 bits per heavy atom. The Kier molecular flexibility index (Phi) is 4.80. The van der Waals surface area contributed by atoms with Gasteiger partial charge in [0.15, 0.2) is 6.10 Å². The van der Waals surface area contributed by atoms with E-state index in [0.717, 1.165) is 22.0 Å². The highest BCUT2D eigenvalue weighted by Crippen LogP contribution is 2.30. The Balaban J connectivity index is 1.30. The van der Waals surface area contributed by atoms with Gasteiger partial charge in [0.25, 0.3) is 5.91 Å². The molecule has 4 aromatic rings. The van der Waals surface area contributed by atoms with Gasteiger partial charge in [-0.3, -0.25) is 9.59 Å². The van der Waals surface area contributed by atoms with Gasteiger partial charge in [0.05, 0.1) is 17.8 Å². The van der Waals surface area contributed by atoms with Gasteiger partial charge >= 0.3 is 0 Å². The molecule has 0 saturated carbocycles. The highest BCUT2D eigenvalue weighted by molar-refractivity contribution is 6.01. The van der Waals surface area contributed by atoms with E-state index in [1.54, 1.807) is 18.2 Å². The summed E-state index contributed by atoms with van der Waals surface area (Å²) in [7, 11) is 0. The smallest absolute Gasteiger partial charge is 0.266 e. The maximum Gasteiger partial charge on any atom is 0.266 e. The molecule has 6 heteroatoms. The second-order valence-corrected chi connectivity index (χ2v) is 7.31. The van der Waals surface area contributed by atoms with E-state index >= 15 is 0 Å². The third-order valence-corrected chi connectivity index (χ3v) is 5.14. The van der Waals surface area contributed by atoms with E-state index in [9.17, 15) is 9.59 Å². The predicted molar refractivity (Wildman–Crippen MR) is 120 cm³/mol. The summed E-state index contributed by atoms with van der Waals surface area (Å²) in [6, 6.07) is 26.8. The zero-order chi connectivity index (χ0) is 21.2. The fraction of sp³-hybridized carbons (Fsp3) is 0.0800. The van der Waals surface area contributed by atoms with E-state index in [1.165, 1.54) is 0 Å². The number of nitrogens with zero attached hydrogens (tertiary/aromatic N) is 1. The van der Waals surface area contributed by atoms with Crippen LogP contribution in [0.3, 0.4) is 0 Å². The van der Waals surface area contributed by atoms with Crippen LogP contribution >= 0.6 is 0 Å². The van der Waals surface area contributed by atoms with Gasteiger partial charge in [0.1, 0.15) is 11.6 Å². The Bertz CT molecular complexity index is 1300.